The summed E-state index contributed by atoms with van der Waals surface area (Å²) < 4.78 is 4.42. The molecule has 0 bridgehead atoms. The maximum atomic E-state index is 10.7. The van der Waals surface area contributed by atoms with Gasteiger partial charge in [-0.15, -0.1) is 0 Å². The number of carbonyl (C=O) groups excluding carboxylic acids is 1. The topological polar surface area (TPSA) is 107 Å². The number of ether oxygens (including phenoxy) is 1. The van der Waals surface area contributed by atoms with Crippen molar-refractivity contribution >= 4 is 5.78 Å². The highest BCUT2D eigenvalue weighted by atomic mass is 16.6. The van der Waals surface area contributed by atoms with Crippen LogP contribution in [-0.2, 0) is 9.53 Å². The van der Waals surface area contributed by atoms with Crippen molar-refractivity contribution in [3.8, 4) is 0 Å². The summed E-state index contributed by atoms with van der Waals surface area (Å²) >= 11 is 0. The molecule has 68 valence electrons. The van der Waals surface area contributed by atoms with Gasteiger partial charge in [0.1, 0.15) is 6.10 Å². The van der Waals surface area contributed by atoms with E-state index in [1.807, 2.05) is 0 Å². The molecule has 0 saturated heterocycles. The fraction of sp³-hybridized carbons (Fsp3) is 0.500. The molecule has 2 atom stereocenters. The fourth-order valence-corrected chi connectivity index (χ4v) is 0.807. The number of ketones is 1. The third kappa shape index (κ3) is 1.27. The van der Waals surface area contributed by atoms with Crippen molar-refractivity contribution in [3.05, 3.63) is 11.5 Å². The minimum absolute atomic E-state index is 0.625. The Morgan fingerprint density at radius 3 is 2.50 bits per heavy atom. The van der Waals surface area contributed by atoms with Gasteiger partial charge in [-0.25, -0.2) is 0 Å². The van der Waals surface area contributed by atoms with Gasteiger partial charge in [-0.1, -0.05) is 0 Å². The monoisotopic (exact) mass is 176 g/mol. The summed E-state index contributed by atoms with van der Waals surface area (Å²) in [5.74, 6) is -2.84. The molecule has 0 fully saturated rings. The van der Waals surface area contributed by atoms with E-state index in [2.05, 4.69) is 4.74 Å². The number of rotatable bonds is 1. The molecule has 0 aromatic rings. The van der Waals surface area contributed by atoms with Gasteiger partial charge in [0.15, 0.2) is 5.76 Å². The van der Waals surface area contributed by atoms with Gasteiger partial charge in [-0.05, 0) is 0 Å². The number of Topliss-reactive ketones (excluding diaryl/α,β-unsaturated/α-hetero) is 1. The van der Waals surface area contributed by atoms with Crippen LogP contribution < -0.4 is 0 Å². The lowest BCUT2D eigenvalue weighted by atomic mass is 10.1. The van der Waals surface area contributed by atoms with E-state index in [1.54, 1.807) is 0 Å². The summed E-state index contributed by atoms with van der Waals surface area (Å²) in [6, 6.07) is 0. The highest BCUT2D eigenvalue weighted by Gasteiger charge is 2.35. The quantitative estimate of drug-likeness (QED) is 0.391. The molecule has 0 saturated carbocycles. The van der Waals surface area contributed by atoms with Crippen LogP contribution in [0.3, 0.4) is 0 Å². The van der Waals surface area contributed by atoms with E-state index in [-0.39, 0.29) is 0 Å². The summed E-state index contributed by atoms with van der Waals surface area (Å²) in [6.07, 6.45) is -3.06. The van der Waals surface area contributed by atoms with Gasteiger partial charge in [0, 0.05) is 0 Å². The first kappa shape index (κ1) is 8.98. The van der Waals surface area contributed by atoms with Crippen LogP contribution in [0.1, 0.15) is 0 Å². The van der Waals surface area contributed by atoms with E-state index in [1.165, 1.54) is 0 Å². The van der Waals surface area contributed by atoms with E-state index in [4.69, 9.17) is 20.4 Å². The summed E-state index contributed by atoms with van der Waals surface area (Å²) in [5, 5.41) is 35.1. The molecular weight excluding hydrogens is 168 g/mol. The second kappa shape index (κ2) is 3.10. The first-order chi connectivity index (χ1) is 5.57. The molecule has 6 heteroatoms. The lowest BCUT2D eigenvalue weighted by molar-refractivity contribution is -0.176. The van der Waals surface area contributed by atoms with Crippen molar-refractivity contribution in [1.82, 2.24) is 0 Å². The summed E-state index contributed by atoms with van der Waals surface area (Å²) in [5.41, 5.74) is 0. The number of aliphatic hydroxyl groups is 4. The normalized spacial score (nSPS) is 31.0. The third-order valence-electron chi connectivity index (χ3n) is 1.46. The smallest absolute Gasteiger partial charge is 0.256 e. The van der Waals surface area contributed by atoms with Gasteiger partial charge >= 0.3 is 0 Å². The second-order valence-corrected chi connectivity index (χ2v) is 2.26. The molecule has 1 aliphatic heterocycles. The summed E-state index contributed by atoms with van der Waals surface area (Å²) in [4.78, 5) is 10.7. The van der Waals surface area contributed by atoms with Crippen molar-refractivity contribution in [2.75, 3.05) is 6.61 Å². The number of carbonyl (C=O) groups is 1. The van der Waals surface area contributed by atoms with Crippen molar-refractivity contribution in [3.63, 3.8) is 0 Å². The van der Waals surface area contributed by atoms with Gasteiger partial charge < -0.3 is 25.2 Å². The first-order valence-corrected chi connectivity index (χ1v) is 3.18. The zero-order valence-electron chi connectivity index (χ0n) is 5.97. The molecule has 0 aromatic heterocycles. The molecule has 0 aliphatic carbocycles. The lowest BCUT2D eigenvalue weighted by Crippen LogP contribution is -2.39. The van der Waals surface area contributed by atoms with Gasteiger partial charge in [-0.2, -0.15) is 0 Å². The minimum Gasteiger partial charge on any atom is -0.506 e. The Kier molecular flexibility index (Phi) is 2.32. The van der Waals surface area contributed by atoms with Gasteiger partial charge in [0.25, 0.3) is 5.78 Å². The molecule has 0 amide bonds. The Hall–Kier alpha value is -1.11. The van der Waals surface area contributed by atoms with Crippen LogP contribution >= 0.6 is 0 Å². The predicted molar refractivity (Wildman–Crippen MR) is 35.3 cm³/mol. The minimum atomic E-state index is -1.82. The van der Waals surface area contributed by atoms with Gasteiger partial charge in [0.2, 0.25) is 12.0 Å². The SMILES string of the molecule is O=C1C(O)=C(O)[C@@H](CO)OC1O. The molecule has 0 spiro atoms. The van der Waals surface area contributed by atoms with Crippen molar-refractivity contribution in [2.24, 2.45) is 0 Å². The van der Waals surface area contributed by atoms with Crippen LogP contribution in [0.2, 0.25) is 0 Å². The van der Waals surface area contributed by atoms with E-state index in [9.17, 15) is 4.79 Å². The molecule has 12 heavy (non-hydrogen) atoms. The Bertz CT molecular complexity index is 232. The summed E-state index contributed by atoms with van der Waals surface area (Å²) in [7, 11) is 0. The molecule has 1 aliphatic rings. The van der Waals surface area contributed by atoms with Crippen LogP contribution in [0.15, 0.2) is 11.5 Å². The molecule has 4 N–H and O–H groups in total. The predicted octanol–water partition coefficient (Wildman–Crippen LogP) is -1.41. The Balaban J connectivity index is 2.95. The maximum Gasteiger partial charge on any atom is 0.256 e. The molecule has 6 nitrogen and oxygen atoms in total. The van der Waals surface area contributed by atoms with Crippen molar-refractivity contribution in [2.45, 2.75) is 12.4 Å². The third-order valence-corrected chi connectivity index (χ3v) is 1.46. The molecule has 1 unspecified atom stereocenters. The number of aliphatic hydroxyl groups excluding tert-OH is 4. The highest BCUT2D eigenvalue weighted by molar-refractivity contribution is 5.96. The Morgan fingerprint density at radius 2 is 2.00 bits per heavy atom. The van der Waals surface area contributed by atoms with Crippen LogP contribution in [0.5, 0.6) is 0 Å². The van der Waals surface area contributed by atoms with Crippen LogP contribution in [0, 0.1) is 0 Å². The largest absolute Gasteiger partial charge is 0.506 e. The molecule has 0 aromatic carbocycles. The molecule has 0 radical (unpaired) electrons. The van der Waals surface area contributed by atoms with Crippen LogP contribution in [-0.4, -0.2) is 45.2 Å². The van der Waals surface area contributed by atoms with E-state index in [0.29, 0.717) is 0 Å². The second-order valence-electron chi connectivity index (χ2n) is 2.26. The average molecular weight is 176 g/mol. The average Bonchev–Trinajstić information content (AvgIpc) is 2.08. The van der Waals surface area contributed by atoms with Crippen LogP contribution in [0.25, 0.3) is 0 Å². The Labute approximate surface area is 67.3 Å². The van der Waals surface area contributed by atoms with Crippen molar-refractivity contribution in [1.29, 1.82) is 0 Å². The molecule has 1 heterocycles. The van der Waals surface area contributed by atoms with Gasteiger partial charge in [-0.3, -0.25) is 4.79 Å². The van der Waals surface area contributed by atoms with Crippen molar-refractivity contribution < 1.29 is 30.0 Å². The lowest BCUT2D eigenvalue weighted by Gasteiger charge is -2.23. The van der Waals surface area contributed by atoms with E-state index in [0.717, 1.165) is 0 Å². The van der Waals surface area contributed by atoms with E-state index >= 15 is 0 Å². The zero-order chi connectivity index (χ0) is 9.30. The fourth-order valence-electron chi connectivity index (χ4n) is 0.807. The Morgan fingerprint density at radius 1 is 1.42 bits per heavy atom. The summed E-state index contributed by atoms with van der Waals surface area (Å²) in [6.45, 7) is -0.625. The number of hydrogen-bond donors (Lipinski definition) is 4. The first-order valence-electron chi connectivity index (χ1n) is 3.18. The maximum absolute atomic E-state index is 10.7. The van der Waals surface area contributed by atoms with E-state index < -0.39 is 36.3 Å². The molecule has 1 rings (SSSR count). The zero-order valence-corrected chi connectivity index (χ0v) is 5.97. The van der Waals surface area contributed by atoms with Crippen LogP contribution in [0.4, 0.5) is 0 Å². The van der Waals surface area contributed by atoms with Gasteiger partial charge in [0.05, 0.1) is 6.61 Å². The number of hydrogen-bond acceptors (Lipinski definition) is 6. The molecular formula is C6H8O6. The standard InChI is InChI=1S/C6H8O6/c7-1-2-3(8)4(9)5(10)6(11)12-2/h2,6-9,11H,1H2/t2-,6?/m1/s1. The highest BCUT2D eigenvalue weighted by Crippen LogP contribution is 2.17.